The second-order valence-corrected chi connectivity index (χ2v) is 5.63. The van der Waals surface area contributed by atoms with E-state index in [4.69, 9.17) is 17.3 Å². The predicted octanol–water partition coefficient (Wildman–Crippen LogP) is 5.19. The molecule has 0 aliphatic carbocycles. The van der Waals surface area contributed by atoms with Crippen molar-refractivity contribution >= 4 is 60.5 Å². The first-order valence-corrected chi connectivity index (χ1v) is 6.80. The lowest BCUT2D eigenvalue weighted by molar-refractivity contribution is 1.51. The Kier molecular flexibility index (Phi) is 3.97. The molecule has 0 aliphatic heterocycles. The van der Waals surface area contributed by atoms with Gasteiger partial charge in [0.15, 0.2) is 0 Å². The monoisotopic (exact) mass is 374 g/mol. The molecule has 0 heterocycles. The number of hydrogen-bond acceptors (Lipinski definition) is 2. The molecule has 2 rings (SSSR count). The van der Waals surface area contributed by atoms with E-state index in [1.165, 1.54) is 0 Å². The number of anilines is 3. The van der Waals surface area contributed by atoms with Crippen LogP contribution in [0, 0.1) is 0 Å². The molecular weight excluding hydrogens is 367 g/mol. The molecule has 17 heavy (non-hydrogen) atoms. The number of para-hydroxylation sites is 1. The van der Waals surface area contributed by atoms with Gasteiger partial charge in [-0.1, -0.05) is 33.6 Å². The fourth-order valence-corrected chi connectivity index (χ4v) is 2.70. The molecule has 0 saturated heterocycles. The van der Waals surface area contributed by atoms with E-state index in [1.54, 1.807) is 6.07 Å². The van der Waals surface area contributed by atoms with Crippen LogP contribution in [0.1, 0.15) is 0 Å². The highest BCUT2D eigenvalue weighted by Gasteiger charge is 2.05. The van der Waals surface area contributed by atoms with E-state index < -0.39 is 0 Å². The molecule has 2 aromatic carbocycles. The van der Waals surface area contributed by atoms with Crippen molar-refractivity contribution in [3.63, 3.8) is 0 Å². The zero-order valence-corrected chi connectivity index (χ0v) is 12.6. The van der Waals surface area contributed by atoms with E-state index in [9.17, 15) is 0 Å². The highest BCUT2D eigenvalue weighted by molar-refractivity contribution is 9.11. The summed E-state index contributed by atoms with van der Waals surface area (Å²) in [5, 5.41) is 3.78. The van der Waals surface area contributed by atoms with Crippen molar-refractivity contribution < 1.29 is 0 Å². The molecule has 0 unspecified atom stereocenters. The van der Waals surface area contributed by atoms with Crippen LogP contribution in [0.4, 0.5) is 17.1 Å². The summed E-state index contributed by atoms with van der Waals surface area (Å²) in [6, 6.07) is 11.4. The summed E-state index contributed by atoms with van der Waals surface area (Å²) in [4.78, 5) is 0. The number of halogens is 3. The molecule has 0 amide bonds. The van der Waals surface area contributed by atoms with Crippen LogP contribution in [0.3, 0.4) is 0 Å². The molecule has 0 atom stereocenters. The van der Waals surface area contributed by atoms with Gasteiger partial charge in [0.25, 0.3) is 0 Å². The van der Waals surface area contributed by atoms with E-state index in [2.05, 4.69) is 37.2 Å². The van der Waals surface area contributed by atoms with E-state index in [1.807, 2.05) is 30.3 Å². The molecule has 0 bridgehead atoms. The molecule has 2 aromatic rings. The molecule has 0 radical (unpaired) electrons. The summed E-state index contributed by atoms with van der Waals surface area (Å²) in [5.41, 5.74) is 8.16. The Morgan fingerprint density at radius 3 is 2.53 bits per heavy atom. The molecule has 2 nitrogen and oxygen atoms in total. The van der Waals surface area contributed by atoms with E-state index >= 15 is 0 Å². The molecule has 0 aliphatic rings. The zero-order chi connectivity index (χ0) is 12.4. The average Bonchev–Trinajstić information content (AvgIpc) is 2.28. The maximum atomic E-state index is 5.96. The molecule has 0 spiro atoms. The Labute approximate surface area is 121 Å². The molecule has 0 fully saturated rings. The number of nitrogens with one attached hydrogen (secondary N) is 1. The minimum absolute atomic E-state index is 0.545. The van der Waals surface area contributed by atoms with Crippen molar-refractivity contribution in [1.29, 1.82) is 0 Å². The fourth-order valence-electron chi connectivity index (χ4n) is 1.38. The number of benzene rings is 2. The maximum Gasteiger partial charge on any atom is 0.0742 e. The average molecular weight is 376 g/mol. The third-order valence-corrected chi connectivity index (χ3v) is 3.73. The largest absolute Gasteiger partial charge is 0.396 e. The molecular formula is C12H9Br2ClN2. The van der Waals surface area contributed by atoms with Gasteiger partial charge >= 0.3 is 0 Å². The van der Waals surface area contributed by atoms with E-state index in [0.717, 1.165) is 20.3 Å². The van der Waals surface area contributed by atoms with Crippen molar-refractivity contribution in [3.8, 4) is 0 Å². The number of nitrogens with two attached hydrogens (primary N) is 1. The van der Waals surface area contributed by atoms with Gasteiger partial charge in [0, 0.05) is 8.95 Å². The summed E-state index contributed by atoms with van der Waals surface area (Å²) in [5.74, 6) is 0. The first kappa shape index (κ1) is 12.7. The normalized spacial score (nSPS) is 10.3. The van der Waals surface area contributed by atoms with Crippen LogP contribution in [0.25, 0.3) is 0 Å². The van der Waals surface area contributed by atoms with Gasteiger partial charge in [0.05, 0.1) is 22.1 Å². The van der Waals surface area contributed by atoms with Crippen molar-refractivity contribution in [3.05, 3.63) is 50.4 Å². The number of nitrogen functional groups attached to an aromatic ring is 1. The fraction of sp³-hybridized carbons (Fsp3) is 0. The number of rotatable bonds is 2. The van der Waals surface area contributed by atoms with Gasteiger partial charge in [-0.25, -0.2) is 0 Å². The topological polar surface area (TPSA) is 38.0 Å². The predicted molar refractivity (Wildman–Crippen MR) is 81.0 cm³/mol. The standard InChI is InChI=1S/C12H9Br2ClN2/c13-7-4-5-10(8(14)6-7)17-11-3-1-2-9(15)12(11)16/h1-6,17H,16H2. The van der Waals surface area contributed by atoms with Gasteiger partial charge in [-0.15, -0.1) is 0 Å². The lowest BCUT2D eigenvalue weighted by atomic mass is 10.2. The van der Waals surface area contributed by atoms with Crippen LogP contribution < -0.4 is 11.1 Å². The van der Waals surface area contributed by atoms with Gasteiger partial charge in [-0.2, -0.15) is 0 Å². The van der Waals surface area contributed by atoms with Crippen LogP contribution in [-0.4, -0.2) is 0 Å². The van der Waals surface area contributed by atoms with Gasteiger partial charge < -0.3 is 11.1 Å². The van der Waals surface area contributed by atoms with Crippen LogP contribution in [0.5, 0.6) is 0 Å². The van der Waals surface area contributed by atoms with E-state index in [0.29, 0.717) is 10.7 Å². The molecule has 5 heteroatoms. The third-order valence-electron chi connectivity index (χ3n) is 2.25. The minimum atomic E-state index is 0.545. The van der Waals surface area contributed by atoms with Gasteiger partial charge in [0.1, 0.15) is 0 Å². The Hall–Kier alpha value is -0.710. The smallest absolute Gasteiger partial charge is 0.0742 e. The molecule has 3 N–H and O–H groups in total. The lowest BCUT2D eigenvalue weighted by Crippen LogP contribution is -1.97. The molecule has 0 saturated carbocycles. The Morgan fingerprint density at radius 2 is 1.82 bits per heavy atom. The van der Waals surface area contributed by atoms with Crippen molar-refractivity contribution in [2.45, 2.75) is 0 Å². The SMILES string of the molecule is Nc1c(Cl)cccc1Nc1ccc(Br)cc1Br. The zero-order valence-electron chi connectivity index (χ0n) is 8.68. The quantitative estimate of drug-likeness (QED) is 0.708. The second kappa shape index (κ2) is 5.29. The van der Waals surface area contributed by atoms with Crippen LogP contribution in [0.15, 0.2) is 45.3 Å². The Bertz CT molecular complexity index is 558. The first-order chi connectivity index (χ1) is 8.08. The maximum absolute atomic E-state index is 5.96. The highest BCUT2D eigenvalue weighted by Crippen LogP contribution is 2.33. The third kappa shape index (κ3) is 2.94. The Balaban J connectivity index is 2.35. The van der Waals surface area contributed by atoms with Crippen molar-refractivity contribution in [1.82, 2.24) is 0 Å². The summed E-state index contributed by atoms with van der Waals surface area (Å²) in [7, 11) is 0. The minimum Gasteiger partial charge on any atom is -0.396 e. The van der Waals surface area contributed by atoms with Crippen molar-refractivity contribution in [2.75, 3.05) is 11.1 Å². The number of hydrogen-bond donors (Lipinski definition) is 2. The summed E-state index contributed by atoms with van der Waals surface area (Å²) in [6.07, 6.45) is 0. The second-order valence-electron chi connectivity index (χ2n) is 3.45. The van der Waals surface area contributed by atoms with Gasteiger partial charge in [0.2, 0.25) is 0 Å². The van der Waals surface area contributed by atoms with Crippen molar-refractivity contribution in [2.24, 2.45) is 0 Å². The van der Waals surface area contributed by atoms with Gasteiger partial charge in [-0.05, 0) is 46.3 Å². The first-order valence-electron chi connectivity index (χ1n) is 4.84. The lowest BCUT2D eigenvalue weighted by Gasteiger charge is -2.12. The van der Waals surface area contributed by atoms with Gasteiger partial charge in [-0.3, -0.25) is 0 Å². The molecule has 0 aromatic heterocycles. The summed E-state index contributed by atoms with van der Waals surface area (Å²) in [6.45, 7) is 0. The van der Waals surface area contributed by atoms with Crippen LogP contribution >= 0.6 is 43.5 Å². The Morgan fingerprint density at radius 1 is 1.06 bits per heavy atom. The highest BCUT2D eigenvalue weighted by atomic mass is 79.9. The summed E-state index contributed by atoms with van der Waals surface area (Å²) < 4.78 is 1.96. The van der Waals surface area contributed by atoms with Crippen LogP contribution in [-0.2, 0) is 0 Å². The summed E-state index contributed by atoms with van der Waals surface area (Å²) >= 11 is 12.8. The van der Waals surface area contributed by atoms with Crippen LogP contribution in [0.2, 0.25) is 5.02 Å². The molecule has 88 valence electrons. The van der Waals surface area contributed by atoms with E-state index in [-0.39, 0.29) is 0 Å².